The van der Waals surface area contributed by atoms with Crippen molar-refractivity contribution in [2.24, 2.45) is 7.05 Å². The molecule has 0 aliphatic heterocycles. The average molecular weight is 293 g/mol. The summed E-state index contributed by atoms with van der Waals surface area (Å²) in [5, 5.41) is 4.01. The SMILES string of the molecule is Cc1cc(C)cc(NC(=O)Cc2cn(C)c3ncccc23)c1. The van der Waals surface area contributed by atoms with E-state index in [-0.39, 0.29) is 5.91 Å². The predicted octanol–water partition coefficient (Wildman–Crippen LogP) is 3.37. The fourth-order valence-corrected chi connectivity index (χ4v) is 2.86. The predicted molar refractivity (Wildman–Crippen MR) is 89.0 cm³/mol. The van der Waals surface area contributed by atoms with E-state index in [4.69, 9.17) is 0 Å². The highest BCUT2D eigenvalue weighted by atomic mass is 16.1. The van der Waals surface area contributed by atoms with Gasteiger partial charge < -0.3 is 9.88 Å². The molecule has 0 spiro atoms. The summed E-state index contributed by atoms with van der Waals surface area (Å²) in [7, 11) is 1.95. The molecule has 22 heavy (non-hydrogen) atoms. The molecule has 1 amide bonds. The van der Waals surface area contributed by atoms with Gasteiger partial charge in [0.15, 0.2) is 0 Å². The number of carbonyl (C=O) groups is 1. The van der Waals surface area contributed by atoms with E-state index >= 15 is 0 Å². The third-order valence-electron chi connectivity index (χ3n) is 3.67. The number of carbonyl (C=O) groups excluding carboxylic acids is 1. The van der Waals surface area contributed by atoms with Crippen LogP contribution in [0.1, 0.15) is 16.7 Å². The van der Waals surface area contributed by atoms with Crippen LogP contribution < -0.4 is 5.32 Å². The molecule has 0 atom stereocenters. The first-order valence-electron chi connectivity index (χ1n) is 7.30. The molecule has 2 aromatic heterocycles. The van der Waals surface area contributed by atoms with Crippen molar-refractivity contribution >= 4 is 22.6 Å². The van der Waals surface area contributed by atoms with Crippen LogP contribution in [0, 0.1) is 13.8 Å². The number of nitrogens with zero attached hydrogens (tertiary/aromatic N) is 2. The summed E-state index contributed by atoms with van der Waals surface area (Å²) in [5.74, 6) is -0.0126. The maximum Gasteiger partial charge on any atom is 0.228 e. The molecule has 0 aliphatic rings. The van der Waals surface area contributed by atoms with Crippen LogP contribution in [0.4, 0.5) is 5.69 Å². The molecule has 0 bridgehead atoms. The third-order valence-corrected chi connectivity index (χ3v) is 3.67. The van der Waals surface area contributed by atoms with Crippen LogP contribution in [0.15, 0.2) is 42.7 Å². The van der Waals surface area contributed by atoms with Crippen molar-refractivity contribution < 1.29 is 4.79 Å². The molecule has 3 aromatic rings. The molecule has 4 heteroatoms. The largest absolute Gasteiger partial charge is 0.335 e. The number of aryl methyl sites for hydroxylation is 3. The summed E-state index contributed by atoms with van der Waals surface area (Å²) >= 11 is 0. The van der Waals surface area contributed by atoms with Gasteiger partial charge in [-0.3, -0.25) is 4.79 Å². The number of hydrogen-bond donors (Lipinski definition) is 1. The van der Waals surface area contributed by atoms with Gasteiger partial charge in [-0.05, 0) is 54.8 Å². The summed E-state index contributed by atoms with van der Waals surface area (Å²) in [5.41, 5.74) is 5.03. The smallest absolute Gasteiger partial charge is 0.228 e. The lowest BCUT2D eigenvalue weighted by Gasteiger charge is -2.07. The number of pyridine rings is 1. The second kappa shape index (κ2) is 5.64. The number of aromatic nitrogens is 2. The Hall–Kier alpha value is -2.62. The summed E-state index contributed by atoms with van der Waals surface area (Å²) < 4.78 is 1.95. The lowest BCUT2D eigenvalue weighted by Crippen LogP contribution is -2.14. The Balaban J connectivity index is 1.81. The summed E-state index contributed by atoms with van der Waals surface area (Å²) in [6.45, 7) is 4.05. The van der Waals surface area contributed by atoms with Crippen molar-refractivity contribution in [3.8, 4) is 0 Å². The molecule has 1 N–H and O–H groups in total. The maximum atomic E-state index is 12.3. The van der Waals surface area contributed by atoms with Crippen molar-refractivity contribution in [3.63, 3.8) is 0 Å². The van der Waals surface area contributed by atoms with Gasteiger partial charge in [-0.15, -0.1) is 0 Å². The van der Waals surface area contributed by atoms with Gasteiger partial charge in [-0.1, -0.05) is 6.07 Å². The van der Waals surface area contributed by atoms with Crippen molar-refractivity contribution in [2.75, 3.05) is 5.32 Å². The molecule has 0 saturated carbocycles. The highest BCUT2D eigenvalue weighted by Gasteiger charge is 2.11. The minimum atomic E-state index is -0.0126. The highest BCUT2D eigenvalue weighted by Crippen LogP contribution is 2.20. The van der Waals surface area contributed by atoms with Gasteiger partial charge in [0.1, 0.15) is 5.65 Å². The van der Waals surface area contributed by atoms with Gasteiger partial charge in [-0.2, -0.15) is 0 Å². The maximum absolute atomic E-state index is 12.3. The first-order chi connectivity index (χ1) is 10.5. The molecule has 0 aliphatic carbocycles. The van der Waals surface area contributed by atoms with E-state index in [0.717, 1.165) is 33.4 Å². The molecule has 0 radical (unpaired) electrons. The zero-order valence-electron chi connectivity index (χ0n) is 13.1. The Labute approximate surface area is 129 Å². The highest BCUT2D eigenvalue weighted by molar-refractivity contribution is 5.95. The van der Waals surface area contributed by atoms with Gasteiger partial charge in [-0.25, -0.2) is 4.98 Å². The zero-order chi connectivity index (χ0) is 15.7. The normalized spacial score (nSPS) is 10.9. The lowest BCUT2D eigenvalue weighted by atomic mass is 10.1. The number of anilines is 1. The number of benzene rings is 1. The number of nitrogens with one attached hydrogen (secondary N) is 1. The van der Waals surface area contributed by atoms with Crippen molar-refractivity contribution in [2.45, 2.75) is 20.3 Å². The summed E-state index contributed by atoms with van der Waals surface area (Å²) in [6.07, 6.45) is 4.08. The quantitative estimate of drug-likeness (QED) is 0.805. The van der Waals surface area contributed by atoms with E-state index < -0.39 is 0 Å². The van der Waals surface area contributed by atoms with E-state index in [9.17, 15) is 4.79 Å². The molecule has 0 fully saturated rings. The number of amides is 1. The standard InChI is InChI=1S/C18H19N3O/c1-12-7-13(2)9-15(8-12)20-17(22)10-14-11-21(3)18-16(14)5-4-6-19-18/h4-9,11H,10H2,1-3H3,(H,20,22). The van der Waals surface area contributed by atoms with Crippen LogP contribution in [0.3, 0.4) is 0 Å². The summed E-state index contributed by atoms with van der Waals surface area (Å²) in [6, 6.07) is 9.95. The molecule has 0 saturated heterocycles. The van der Waals surface area contributed by atoms with Gasteiger partial charge in [0, 0.05) is 30.5 Å². The monoisotopic (exact) mass is 293 g/mol. The van der Waals surface area contributed by atoms with Crippen molar-refractivity contribution in [1.82, 2.24) is 9.55 Å². The van der Waals surface area contributed by atoms with Gasteiger partial charge in [0.05, 0.1) is 6.42 Å². The first-order valence-corrected chi connectivity index (χ1v) is 7.30. The second-order valence-electron chi connectivity index (χ2n) is 5.74. The van der Waals surface area contributed by atoms with Crippen molar-refractivity contribution in [1.29, 1.82) is 0 Å². The van der Waals surface area contributed by atoms with Crippen LogP contribution in [-0.2, 0) is 18.3 Å². The summed E-state index contributed by atoms with van der Waals surface area (Å²) in [4.78, 5) is 16.7. The van der Waals surface area contributed by atoms with Crippen LogP contribution in [0.2, 0.25) is 0 Å². The molecule has 0 unspecified atom stereocenters. The fourth-order valence-electron chi connectivity index (χ4n) is 2.86. The Morgan fingerprint density at radius 3 is 2.68 bits per heavy atom. The van der Waals surface area contributed by atoms with E-state index in [2.05, 4.69) is 16.4 Å². The van der Waals surface area contributed by atoms with Gasteiger partial charge in [0.25, 0.3) is 0 Å². The molecule has 112 valence electrons. The van der Waals surface area contributed by atoms with Crippen LogP contribution in [-0.4, -0.2) is 15.5 Å². The van der Waals surface area contributed by atoms with Crippen LogP contribution >= 0.6 is 0 Å². The second-order valence-corrected chi connectivity index (χ2v) is 5.74. The molecule has 3 rings (SSSR count). The fraction of sp³-hybridized carbons (Fsp3) is 0.222. The topological polar surface area (TPSA) is 46.9 Å². The average Bonchev–Trinajstić information content (AvgIpc) is 2.75. The zero-order valence-corrected chi connectivity index (χ0v) is 13.1. The number of fused-ring (bicyclic) bond motifs is 1. The molecular weight excluding hydrogens is 274 g/mol. The molecule has 4 nitrogen and oxygen atoms in total. The van der Waals surface area contributed by atoms with Crippen LogP contribution in [0.25, 0.3) is 11.0 Å². The minimum Gasteiger partial charge on any atom is -0.335 e. The third kappa shape index (κ3) is 2.86. The molecule has 1 aromatic carbocycles. The van der Waals surface area contributed by atoms with E-state index in [1.807, 2.05) is 55.9 Å². The van der Waals surface area contributed by atoms with E-state index in [0.29, 0.717) is 6.42 Å². The Morgan fingerprint density at radius 2 is 1.95 bits per heavy atom. The van der Waals surface area contributed by atoms with Crippen LogP contribution in [0.5, 0.6) is 0 Å². The molecule has 2 heterocycles. The molecular formula is C18H19N3O. The van der Waals surface area contributed by atoms with Gasteiger partial charge in [0.2, 0.25) is 5.91 Å². The Bertz CT molecular complexity index is 828. The minimum absolute atomic E-state index is 0.0126. The van der Waals surface area contributed by atoms with E-state index in [1.165, 1.54) is 0 Å². The Morgan fingerprint density at radius 1 is 1.23 bits per heavy atom. The van der Waals surface area contributed by atoms with Gasteiger partial charge >= 0.3 is 0 Å². The van der Waals surface area contributed by atoms with E-state index in [1.54, 1.807) is 6.20 Å². The number of rotatable bonds is 3. The Kier molecular flexibility index (Phi) is 3.67. The first kappa shape index (κ1) is 14.3. The lowest BCUT2D eigenvalue weighted by molar-refractivity contribution is -0.115. The number of hydrogen-bond acceptors (Lipinski definition) is 2. The van der Waals surface area contributed by atoms with Crippen molar-refractivity contribution in [3.05, 3.63) is 59.4 Å².